The molecular formula is C20H21N3O2. The molecule has 0 saturated carbocycles. The molecule has 25 heavy (non-hydrogen) atoms. The Bertz CT molecular complexity index is 828. The number of unbranched alkanes of at least 4 members (excludes halogenated alkanes) is 1. The predicted octanol–water partition coefficient (Wildman–Crippen LogP) is 4.30. The normalized spacial score (nSPS) is 10.4. The first-order valence-corrected chi connectivity index (χ1v) is 8.42. The summed E-state index contributed by atoms with van der Waals surface area (Å²) in [6, 6.07) is 18.8. The van der Waals surface area contributed by atoms with E-state index in [2.05, 4.69) is 17.3 Å². The summed E-state index contributed by atoms with van der Waals surface area (Å²) < 4.78 is 7.43. The van der Waals surface area contributed by atoms with Crippen LogP contribution in [0.3, 0.4) is 0 Å². The molecule has 0 aliphatic rings. The van der Waals surface area contributed by atoms with E-state index in [4.69, 9.17) is 4.74 Å². The highest BCUT2D eigenvalue weighted by Crippen LogP contribution is 2.24. The van der Waals surface area contributed by atoms with Crippen molar-refractivity contribution in [1.29, 1.82) is 0 Å². The van der Waals surface area contributed by atoms with Crippen molar-refractivity contribution in [2.45, 2.75) is 19.8 Å². The Morgan fingerprint density at radius 1 is 1.08 bits per heavy atom. The van der Waals surface area contributed by atoms with Gasteiger partial charge in [-0.15, -0.1) is 0 Å². The SMILES string of the molecule is CCCCOc1ccccc1NC(=O)c1ccn(-c2ccccc2)n1. The Labute approximate surface area is 147 Å². The number of benzene rings is 2. The highest BCUT2D eigenvalue weighted by atomic mass is 16.5. The van der Waals surface area contributed by atoms with Crippen LogP contribution in [0.1, 0.15) is 30.3 Å². The average molecular weight is 335 g/mol. The Balaban J connectivity index is 1.72. The van der Waals surface area contributed by atoms with E-state index in [0.29, 0.717) is 23.7 Å². The minimum absolute atomic E-state index is 0.263. The predicted molar refractivity (Wildman–Crippen MR) is 98.4 cm³/mol. The van der Waals surface area contributed by atoms with E-state index in [1.165, 1.54) is 0 Å². The molecule has 3 rings (SSSR count). The highest BCUT2D eigenvalue weighted by molar-refractivity contribution is 6.03. The van der Waals surface area contributed by atoms with Crippen LogP contribution in [-0.4, -0.2) is 22.3 Å². The maximum atomic E-state index is 12.5. The standard InChI is InChI=1S/C20H21N3O2/c1-2-3-15-25-19-12-8-7-11-17(19)21-20(24)18-13-14-23(22-18)16-9-5-4-6-10-16/h4-14H,2-3,15H2,1H3,(H,21,24). The second kappa shape index (κ2) is 8.15. The van der Waals surface area contributed by atoms with Crippen molar-refractivity contribution in [3.05, 3.63) is 72.6 Å². The maximum absolute atomic E-state index is 12.5. The van der Waals surface area contributed by atoms with Crippen molar-refractivity contribution in [2.75, 3.05) is 11.9 Å². The monoisotopic (exact) mass is 335 g/mol. The van der Waals surface area contributed by atoms with Gasteiger partial charge in [0.15, 0.2) is 5.69 Å². The second-order valence-corrected chi connectivity index (χ2v) is 5.63. The van der Waals surface area contributed by atoms with Gasteiger partial charge in [-0.05, 0) is 36.8 Å². The zero-order valence-electron chi connectivity index (χ0n) is 14.2. The number of rotatable bonds is 7. The van der Waals surface area contributed by atoms with Gasteiger partial charge in [0.25, 0.3) is 5.91 Å². The first-order chi connectivity index (χ1) is 12.3. The largest absolute Gasteiger partial charge is 0.491 e. The molecule has 0 aliphatic heterocycles. The number of para-hydroxylation sites is 3. The number of nitrogens with zero attached hydrogens (tertiary/aromatic N) is 2. The molecule has 0 unspecified atom stereocenters. The molecule has 5 nitrogen and oxygen atoms in total. The Kier molecular flexibility index (Phi) is 5.46. The van der Waals surface area contributed by atoms with Crippen LogP contribution in [0, 0.1) is 0 Å². The van der Waals surface area contributed by atoms with Crippen molar-refractivity contribution in [1.82, 2.24) is 9.78 Å². The van der Waals surface area contributed by atoms with Crippen LogP contribution in [0.4, 0.5) is 5.69 Å². The minimum Gasteiger partial charge on any atom is -0.491 e. The second-order valence-electron chi connectivity index (χ2n) is 5.63. The molecule has 0 bridgehead atoms. The van der Waals surface area contributed by atoms with E-state index in [9.17, 15) is 4.79 Å². The van der Waals surface area contributed by atoms with Gasteiger partial charge < -0.3 is 10.1 Å². The van der Waals surface area contributed by atoms with Crippen LogP contribution in [0.25, 0.3) is 5.69 Å². The van der Waals surface area contributed by atoms with E-state index in [-0.39, 0.29) is 5.91 Å². The summed E-state index contributed by atoms with van der Waals surface area (Å²) in [5, 5.41) is 7.22. The lowest BCUT2D eigenvalue weighted by molar-refractivity contribution is 0.102. The van der Waals surface area contributed by atoms with E-state index < -0.39 is 0 Å². The number of anilines is 1. The molecule has 5 heteroatoms. The summed E-state index contributed by atoms with van der Waals surface area (Å²) in [5.41, 5.74) is 1.91. The summed E-state index contributed by atoms with van der Waals surface area (Å²) >= 11 is 0. The van der Waals surface area contributed by atoms with E-state index in [0.717, 1.165) is 18.5 Å². The van der Waals surface area contributed by atoms with Crippen molar-refractivity contribution in [2.24, 2.45) is 0 Å². The maximum Gasteiger partial charge on any atom is 0.276 e. The molecule has 0 aliphatic carbocycles. The smallest absolute Gasteiger partial charge is 0.276 e. The number of aromatic nitrogens is 2. The molecule has 0 saturated heterocycles. The topological polar surface area (TPSA) is 56.1 Å². The van der Waals surface area contributed by atoms with Gasteiger partial charge in [-0.25, -0.2) is 4.68 Å². The third kappa shape index (κ3) is 4.26. The van der Waals surface area contributed by atoms with Crippen LogP contribution in [-0.2, 0) is 0 Å². The van der Waals surface area contributed by atoms with Crippen LogP contribution in [0.15, 0.2) is 66.9 Å². The summed E-state index contributed by atoms with van der Waals surface area (Å²) in [7, 11) is 0. The molecule has 0 atom stereocenters. The number of nitrogens with one attached hydrogen (secondary N) is 1. The molecule has 1 aromatic heterocycles. The van der Waals surface area contributed by atoms with Crippen molar-refractivity contribution < 1.29 is 9.53 Å². The van der Waals surface area contributed by atoms with E-state index >= 15 is 0 Å². The first-order valence-electron chi connectivity index (χ1n) is 8.42. The van der Waals surface area contributed by atoms with Gasteiger partial charge in [0.05, 0.1) is 18.0 Å². The average Bonchev–Trinajstić information content (AvgIpc) is 3.14. The number of ether oxygens (including phenoxy) is 1. The highest BCUT2D eigenvalue weighted by Gasteiger charge is 2.13. The first kappa shape index (κ1) is 16.8. The Morgan fingerprint density at radius 3 is 2.64 bits per heavy atom. The molecule has 0 spiro atoms. The zero-order chi connectivity index (χ0) is 17.5. The van der Waals surface area contributed by atoms with Crippen molar-refractivity contribution in [3.63, 3.8) is 0 Å². The zero-order valence-corrected chi connectivity index (χ0v) is 14.2. The fraction of sp³-hybridized carbons (Fsp3) is 0.200. The summed E-state index contributed by atoms with van der Waals surface area (Å²) in [4.78, 5) is 12.5. The lowest BCUT2D eigenvalue weighted by Gasteiger charge is -2.11. The van der Waals surface area contributed by atoms with Crippen LogP contribution < -0.4 is 10.1 Å². The fourth-order valence-electron chi connectivity index (χ4n) is 2.38. The summed E-state index contributed by atoms with van der Waals surface area (Å²) in [6.45, 7) is 2.74. The van der Waals surface area contributed by atoms with Crippen LogP contribution in [0.5, 0.6) is 5.75 Å². The molecule has 2 aromatic carbocycles. The summed E-state index contributed by atoms with van der Waals surface area (Å²) in [5.74, 6) is 0.410. The van der Waals surface area contributed by atoms with Gasteiger partial charge in [0.2, 0.25) is 0 Å². The van der Waals surface area contributed by atoms with Gasteiger partial charge in [-0.1, -0.05) is 43.7 Å². The van der Waals surface area contributed by atoms with Crippen LogP contribution >= 0.6 is 0 Å². The minimum atomic E-state index is -0.263. The third-order valence-electron chi connectivity index (χ3n) is 3.73. The number of carbonyl (C=O) groups is 1. The molecule has 1 heterocycles. The van der Waals surface area contributed by atoms with Crippen molar-refractivity contribution in [3.8, 4) is 11.4 Å². The van der Waals surface area contributed by atoms with Crippen molar-refractivity contribution >= 4 is 11.6 Å². The van der Waals surface area contributed by atoms with E-state index in [1.807, 2.05) is 54.6 Å². The molecule has 0 fully saturated rings. The molecule has 3 aromatic rings. The number of hydrogen-bond donors (Lipinski definition) is 1. The number of carbonyl (C=O) groups excluding carboxylic acids is 1. The van der Waals surface area contributed by atoms with Gasteiger partial charge in [-0.2, -0.15) is 5.10 Å². The molecule has 0 radical (unpaired) electrons. The molecule has 1 amide bonds. The molecule has 1 N–H and O–H groups in total. The lowest BCUT2D eigenvalue weighted by Crippen LogP contribution is -2.14. The van der Waals surface area contributed by atoms with Crippen LogP contribution in [0.2, 0.25) is 0 Å². The Hall–Kier alpha value is -3.08. The lowest BCUT2D eigenvalue weighted by atomic mass is 10.2. The van der Waals surface area contributed by atoms with Gasteiger partial charge >= 0.3 is 0 Å². The van der Waals surface area contributed by atoms with E-state index in [1.54, 1.807) is 16.9 Å². The molecular weight excluding hydrogens is 314 g/mol. The quantitative estimate of drug-likeness (QED) is 0.655. The fourth-order valence-corrected chi connectivity index (χ4v) is 2.38. The van der Waals surface area contributed by atoms with Gasteiger partial charge in [-0.3, -0.25) is 4.79 Å². The Morgan fingerprint density at radius 2 is 1.84 bits per heavy atom. The number of hydrogen-bond acceptors (Lipinski definition) is 3. The molecule has 128 valence electrons. The summed E-state index contributed by atoms with van der Waals surface area (Å²) in [6.07, 6.45) is 3.81. The van der Waals surface area contributed by atoms with Gasteiger partial charge in [0, 0.05) is 6.20 Å². The third-order valence-corrected chi connectivity index (χ3v) is 3.73. The number of amides is 1. The van der Waals surface area contributed by atoms with Gasteiger partial charge in [0.1, 0.15) is 5.75 Å².